The van der Waals surface area contributed by atoms with E-state index in [0.717, 1.165) is 18.4 Å². The highest BCUT2D eigenvalue weighted by molar-refractivity contribution is 5.98. The molecule has 0 aromatic heterocycles. The fraction of sp³-hybridized carbons (Fsp3) is 0.769. The van der Waals surface area contributed by atoms with Gasteiger partial charge < -0.3 is 4.90 Å². The van der Waals surface area contributed by atoms with Crippen molar-refractivity contribution < 1.29 is 4.79 Å². The van der Waals surface area contributed by atoms with Gasteiger partial charge in [0.2, 0.25) is 0 Å². The standard InChI is InChI=1S/C13H23NO/c1-9(2)11-7-6-10(3)12(13(11)15)8-14(4)5/h8-11H,6-7H2,1-5H3/t10-,11+/m1/s1. The van der Waals surface area contributed by atoms with Crippen LogP contribution in [-0.4, -0.2) is 24.8 Å². The molecule has 0 aromatic rings. The van der Waals surface area contributed by atoms with Crippen molar-refractivity contribution in [3.05, 3.63) is 11.8 Å². The third-order valence-electron chi connectivity index (χ3n) is 3.26. The summed E-state index contributed by atoms with van der Waals surface area (Å²) in [5.74, 6) is 1.51. The first kappa shape index (κ1) is 12.3. The molecule has 1 saturated carbocycles. The normalized spacial score (nSPS) is 30.0. The molecule has 2 atom stereocenters. The number of rotatable bonds is 2. The summed E-state index contributed by atoms with van der Waals surface area (Å²) in [5, 5.41) is 0. The van der Waals surface area contributed by atoms with Crippen molar-refractivity contribution in [3.63, 3.8) is 0 Å². The zero-order valence-corrected chi connectivity index (χ0v) is 10.6. The first-order chi connectivity index (χ1) is 6.93. The van der Waals surface area contributed by atoms with Crippen molar-refractivity contribution in [2.75, 3.05) is 14.1 Å². The second-order valence-corrected chi connectivity index (χ2v) is 5.24. The van der Waals surface area contributed by atoms with Gasteiger partial charge in [-0.2, -0.15) is 0 Å². The summed E-state index contributed by atoms with van der Waals surface area (Å²) in [6.07, 6.45) is 4.21. The summed E-state index contributed by atoms with van der Waals surface area (Å²) in [5.41, 5.74) is 1.02. The van der Waals surface area contributed by atoms with Crippen molar-refractivity contribution in [2.45, 2.75) is 33.6 Å². The number of carbonyl (C=O) groups is 1. The Bertz CT molecular complexity index is 266. The predicted octanol–water partition coefficient (Wildman–Crippen LogP) is 2.70. The molecule has 0 radical (unpaired) electrons. The van der Waals surface area contributed by atoms with Crippen LogP contribution in [-0.2, 0) is 4.79 Å². The second kappa shape index (κ2) is 4.82. The van der Waals surface area contributed by atoms with Crippen LogP contribution in [0.1, 0.15) is 33.6 Å². The lowest BCUT2D eigenvalue weighted by Gasteiger charge is -2.30. The molecular weight excluding hydrogens is 186 g/mol. The van der Waals surface area contributed by atoms with Crippen molar-refractivity contribution in [1.29, 1.82) is 0 Å². The number of hydrogen-bond acceptors (Lipinski definition) is 2. The Balaban J connectivity index is 2.88. The van der Waals surface area contributed by atoms with Crippen molar-refractivity contribution in [1.82, 2.24) is 4.90 Å². The molecule has 1 aliphatic carbocycles. The monoisotopic (exact) mass is 209 g/mol. The molecule has 15 heavy (non-hydrogen) atoms. The predicted molar refractivity (Wildman–Crippen MR) is 63.5 cm³/mol. The summed E-state index contributed by atoms with van der Waals surface area (Å²) in [6, 6.07) is 0. The van der Waals surface area contributed by atoms with E-state index in [1.54, 1.807) is 0 Å². The van der Waals surface area contributed by atoms with E-state index in [4.69, 9.17) is 0 Å². The van der Waals surface area contributed by atoms with Crippen LogP contribution in [0.2, 0.25) is 0 Å². The highest BCUT2D eigenvalue weighted by Crippen LogP contribution is 2.34. The van der Waals surface area contributed by atoms with Crippen LogP contribution in [0.5, 0.6) is 0 Å². The number of nitrogens with zero attached hydrogens (tertiary/aromatic N) is 1. The van der Waals surface area contributed by atoms with E-state index < -0.39 is 0 Å². The minimum atomic E-state index is 0.243. The third-order valence-corrected chi connectivity index (χ3v) is 3.26. The summed E-state index contributed by atoms with van der Waals surface area (Å²) >= 11 is 0. The van der Waals surface area contributed by atoms with E-state index in [2.05, 4.69) is 20.8 Å². The first-order valence-electron chi connectivity index (χ1n) is 5.85. The highest BCUT2D eigenvalue weighted by atomic mass is 16.1. The molecule has 0 aromatic carbocycles. The number of ketones is 1. The maximum absolute atomic E-state index is 12.2. The molecule has 0 aliphatic heterocycles. The van der Waals surface area contributed by atoms with E-state index in [0.29, 0.717) is 17.6 Å². The number of carbonyl (C=O) groups excluding carboxylic acids is 1. The molecule has 86 valence electrons. The number of Topliss-reactive ketones (excluding diaryl/α,β-unsaturated/α-hetero) is 1. The molecule has 0 spiro atoms. The van der Waals surface area contributed by atoms with Gasteiger partial charge in [0.15, 0.2) is 5.78 Å². The topological polar surface area (TPSA) is 20.3 Å². The lowest BCUT2D eigenvalue weighted by molar-refractivity contribution is -0.122. The smallest absolute Gasteiger partial charge is 0.163 e. The van der Waals surface area contributed by atoms with Crippen molar-refractivity contribution in [2.24, 2.45) is 17.8 Å². The van der Waals surface area contributed by atoms with Gasteiger partial charge in [-0.05, 0) is 24.7 Å². The van der Waals surface area contributed by atoms with Crippen LogP contribution in [0.15, 0.2) is 11.8 Å². The van der Waals surface area contributed by atoms with Gasteiger partial charge in [-0.3, -0.25) is 4.79 Å². The Hall–Kier alpha value is -0.790. The molecule has 0 amide bonds. The van der Waals surface area contributed by atoms with Crippen LogP contribution in [0, 0.1) is 17.8 Å². The molecule has 0 bridgehead atoms. The van der Waals surface area contributed by atoms with Gasteiger partial charge in [-0.1, -0.05) is 20.8 Å². The third kappa shape index (κ3) is 2.83. The summed E-state index contributed by atoms with van der Waals surface area (Å²) in [4.78, 5) is 14.2. The molecule has 2 heteroatoms. The molecule has 0 saturated heterocycles. The lowest BCUT2D eigenvalue weighted by Crippen LogP contribution is -2.31. The minimum Gasteiger partial charge on any atom is -0.383 e. The minimum absolute atomic E-state index is 0.243. The molecule has 0 heterocycles. The van der Waals surface area contributed by atoms with Gasteiger partial charge in [0.25, 0.3) is 0 Å². The van der Waals surface area contributed by atoms with Crippen molar-refractivity contribution >= 4 is 5.78 Å². The molecule has 1 aliphatic rings. The molecule has 2 nitrogen and oxygen atoms in total. The molecule has 1 rings (SSSR count). The van der Waals surface area contributed by atoms with Crippen LogP contribution in [0.4, 0.5) is 0 Å². The molecular formula is C13H23NO. The number of allylic oxidation sites excluding steroid dienone is 1. The largest absolute Gasteiger partial charge is 0.383 e. The van der Waals surface area contributed by atoms with Gasteiger partial charge in [0.1, 0.15) is 0 Å². The Morgan fingerprint density at radius 3 is 2.40 bits per heavy atom. The van der Waals surface area contributed by atoms with Crippen molar-refractivity contribution in [3.8, 4) is 0 Å². The van der Waals surface area contributed by atoms with Crippen LogP contribution in [0.3, 0.4) is 0 Å². The quantitative estimate of drug-likeness (QED) is 0.652. The molecule has 0 N–H and O–H groups in total. The summed E-state index contributed by atoms with van der Waals surface area (Å²) in [7, 11) is 3.96. The van der Waals surface area contributed by atoms with Crippen LogP contribution in [0.25, 0.3) is 0 Å². The van der Waals surface area contributed by atoms with Gasteiger partial charge >= 0.3 is 0 Å². The average molecular weight is 209 g/mol. The zero-order valence-electron chi connectivity index (χ0n) is 10.6. The van der Waals surface area contributed by atoms with Gasteiger partial charge in [0.05, 0.1) is 0 Å². The fourth-order valence-corrected chi connectivity index (χ4v) is 2.28. The van der Waals surface area contributed by atoms with Crippen LogP contribution < -0.4 is 0 Å². The molecule has 0 unspecified atom stereocenters. The number of hydrogen-bond donors (Lipinski definition) is 0. The van der Waals surface area contributed by atoms with Gasteiger partial charge in [-0.25, -0.2) is 0 Å². The second-order valence-electron chi connectivity index (χ2n) is 5.24. The fourth-order valence-electron chi connectivity index (χ4n) is 2.28. The van der Waals surface area contributed by atoms with Gasteiger partial charge in [-0.15, -0.1) is 0 Å². The SMILES string of the molecule is CC(C)[C@@H]1CC[C@@H](C)C(=CN(C)C)C1=O. The average Bonchev–Trinajstić information content (AvgIpc) is 2.11. The first-order valence-corrected chi connectivity index (χ1v) is 5.85. The Morgan fingerprint density at radius 1 is 1.33 bits per heavy atom. The van der Waals surface area contributed by atoms with E-state index in [-0.39, 0.29) is 5.92 Å². The van der Waals surface area contributed by atoms with E-state index in [9.17, 15) is 4.79 Å². The van der Waals surface area contributed by atoms with Crippen LogP contribution >= 0.6 is 0 Å². The lowest BCUT2D eigenvalue weighted by atomic mass is 9.74. The molecule has 1 fully saturated rings. The van der Waals surface area contributed by atoms with E-state index >= 15 is 0 Å². The maximum atomic E-state index is 12.2. The summed E-state index contributed by atoms with van der Waals surface area (Å²) < 4.78 is 0. The maximum Gasteiger partial charge on any atom is 0.163 e. The Morgan fingerprint density at radius 2 is 1.93 bits per heavy atom. The van der Waals surface area contributed by atoms with Gasteiger partial charge in [0, 0.05) is 31.8 Å². The summed E-state index contributed by atoms with van der Waals surface area (Å²) in [6.45, 7) is 6.45. The van der Waals surface area contributed by atoms with E-state index in [1.807, 2.05) is 25.2 Å². The Kier molecular flexibility index (Phi) is 3.95. The zero-order chi connectivity index (χ0) is 11.6. The van der Waals surface area contributed by atoms with E-state index in [1.165, 1.54) is 0 Å². The Labute approximate surface area is 93.3 Å². The highest BCUT2D eigenvalue weighted by Gasteiger charge is 2.32.